The number of hydrogen-bond acceptors (Lipinski definition) is 2. The van der Waals surface area contributed by atoms with Crippen molar-refractivity contribution >= 4 is 0 Å². The Balaban J connectivity index is 1.69. The fraction of sp³-hybridized carbons (Fsp3) is 1.00. The first-order chi connectivity index (χ1) is 7.79. The van der Waals surface area contributed by atoms with Crippen molar-refractivity contribution in [2.24, 2.45) is 11.8 Å². The second kappa shape index (κ2) is 4.30. The van der Waals surface area contributed by atoms with E-state index in [9.17, 15) is 0 Å². The second-order valence-electron chi connectivity index (χ2n) is 6.22. The quantitative estimate of drug-likeness (QED) is 0.785. The third-order valence-corrected chi connectivity index (χ3v) is 4.79. The van der Waals surface area contributed by atoms with Crippen LogP contribution in [0.4, 0.5) is 0 Å². The standard InChI is InChI=1S/C14H26N2/c1-3-13-9-16(10(2)8-15-13)14(11-4-5-11)12-6-7-12/h10-15H,3-9H2,1-2H3. The molecule has 0 aromatic carbocycles. The van der Waals surface area contributed by atoms with Gasteiger partial charge in [0.25, 0.3) is 0 Å². The van der Waals surface area contributed by atoms with Crippen LogP contribution in [-0.2, 0) is 0 Å². The highest BCUT2D eigenvalue weighted by Gasteiger charge is 2.46. The fourth-order valence-electron chi connectivity index (χ4n) is 3.44. The lowest BCUT2D eigenvalue weighted by molar-refractivity contribution is 0.0663. The van der Waals surface area contributed by atoms with E-state index >= 15 is 0 Å². The topological polar surface area (TPSA) is 15.3 Å². The first-order valence-corrected chi connectivity index (χ1v) is 7.28. The summed E-state index contributed by atoms with van der Waals surface area (Å²) in [4.78, 5) is 2.86. The van der Waals surface area contributed by atoms with Gasteiger partial charge in [0, 0.05) is 31.2 Å². The normalized spacial score (nSPS) is 36.9. The number of rotatable bonds is 4. The van der Waals surface area contributed by atoms with Gasteiger partial charge in [0.2, 0.25) is 0 Å². The molecule has 92 valence electrons. The van der Waals surface area contributed by atoms with Gasteiger partial charge >= 0.3 is 0 Å². The van der Waals surface area contributed by atoms with Gasteiger partial charge in [0.15, 0.2) is 0 Å². The van der Waals surface area contributed by atoms with E-state index in [2.05, 4.69) is 24.1 Å². The van der Waals surface area contributed by atoms with Crippen LogP contribution in [0, 0.1) is 11.8 Å². The molecule has 3 aliphatic rings. The maximum atomic E-state index is 3.68. The summed E-state index contributed by atoms with van der Waals surface area (Å²) < 4.78 is 0. The van der Waals surface area contributed by atoms with Crippen LogP contribution in [0.2, 0.25) is 0 Å². The summed E-state index contributed by atoms with van der Waals surface area (Å²) in [6.07, 6.45) is 7.32. The summed E-state index contributed by atoms with van der Waals surface area (Å²) in [6, 6.07) is 2.45. The van der Waals surface area contributed by atoms with E-state index in [1.807, 2.05) is 0 Å². The Hall–Kier alpha value is -0.0800. The van der Waals surface area contributed by atoms with Gasteiger partial charge in [-0.25, -0.2) is 0 Å². The van der Waals surface area contributed by atoms with E-state index in [0.717, 1.165) is 30.0 Å². The number of piperazine rings is 1. The molecule has 2 atom stereocenters. The Bertz CT molecular complexity index is 233. The predicted molar refractivity (Wildman–Crippen MR) is 67.5 cm³/mol. The molecule has 2 aliphatic carbocycles. The van der Waals surface area contributed by atoms with E-state index in [-0.39, 0.29) is 0 Å². The molecule has 0 radical (unpaired) electrons. The molecule has 0 spiro atoms. The average molecular weight is 222 g/mol. The van der Waals surface area contributed by atoms with Gasteiger partial charge in [-0.05, 0) is 50.9 Å². The van der Waals surface area contributed by atoms with Crippen molar-refractivity contribution in [2.75, 3.05) is 13.1 Å². The third kappa shape index (κ3) is 2.14. The third-order valence-electron chi connectivity index (χ3n) is 4.79. The molecule has 2 heteroatoms. The lowest BCUT2D eigenvalue weighted by Gasteiger charge is -2.44. The maximum Gasteiger partial charge on any atom is 0.0196 e. The minimum Gasteiger partial charge on any atom is -0.311 e. The molecule has 1 heterocycles. The van der Waals surface area contributed by atoms with Crippen LogP contribution in [-0.4, -0.2) is 36.1 Å². The van der Waals surface area contributed by atoms with Crippen molar-refractivity contribution in [1.29, 1.82) is 0 Å². The molecule has 0 amide bonds. The Morgan fingerprint density at radius 3 is 2.31 bits per heavy atom. The lowest BCUT2D eigenvalue weighted by atomic mass is 9.99. The number of hydrogen-bond donors (Lipinski definition) is 1. The van der Waals surface area contributed by atoms with Crippen LogP contribution in [0.5, 0.6) is 0 Å². The van der Waals surface area contributed by atoms with E-state index < -0.39 is 0 Å². The summed E-state index contributed by atoms with van der Waals surface area (Å²) in [5, 5.41) is 3.68. The average Bonchev–Trinajstić information content (AvgIpc) is 3.14. The van der Waals surface area contributed by atoms with Crippen LogP contribution < -0.4 is 5.32 Å². The largest absolute Gasteiger partial charge is 0.311 e. The lowest BCUT2D eigenvalue weighted by Crippen LogP contribution is -2.59. The Kier molecular flexibility index (Phi) is 2.97. The molecular formula is C14H26N2. The van der Waals surface area contributed by atoms with E-state index in [1.54, 1.807) is 0 Å². The Labute approximate surface area is 99.8 Å². The number of nitrogens with one attached hydrogen (secondary N) is 1. The minimum absolute atomic E-state index is 0.746. The van der Waals surface area contributed by atoms with Crippen LogP contribution >= 0.6 is 0 Å². The van der Waals surface area contributed by atoms with E-state index in [0.29, 0.717) is 0 Å². The molecule has 3 fully saturated rings. The van der Waals surface area contributed by atoms with Gasteiger partial charge in [-0.1, -0.05) is 6.92 Å². The van der Waals surface area contributed by atoms with Crippen molar-refractivity contribution in [3.63, 3.8) is 0 Å². The van der Waals surface area contributed by atoms with Gasteiger partial charge in [0.1, 0.15) is 0 Å². The van der Waals surface area contributed by atoms with Gasteiger partial charge in [-0.15, -0.1) is 0 Å². The summed E-state index contributed by atoms with van der Waals surface area (Å²) in [5.74, 6) is 2.12. The molecule has 1 saturated heterocycles. The van der Waals surface area contributed by atoms with Crippen molar-refractivity contribution in [3.05, 3.63) is 0 Å². The molecule has 2 nitrogen and oxygen atoms in total. The van der Waals surface area contributed by atoms with Crippen LogP contribution in [0.15, 0.2) is 0 Å². The molecule has 0 aromatic heterocycles. The minimum atomic E-state index is 0.746. The summed E-state index contributed by atoms with van der Waals surface area (Å²) >= 11 is 0. The fourth-order valence-corrected chi connectivity index (χ4v) is 3.44. The highest BCUT2D eigenvalue weighted by Crippen LogP contribution is 2.47. The maximum absolute atomic E-state index is 3.68. The molecule has 1 N–H and O–H groups in total. The molecule has 0 bridgehead atoms. The number of nitrogens with zero attached hydrogens (tertiary/aromatic N) is 1. The van der Waals surface area contributed by atoms with Gasteiger partial charge in [-0.3, -0.25) is 4.90 Å². The Morgan fingerprint density at radius 2 is 1.81 bits per heavy atom. The van der Waals surface area contributed by atoms with Crippen molar-refractivity contribution in [1.82, 2.24) is 10.2 Å². The van der Waals surface area contributed by atoms with Crippen LogP contribution in [0.25, 0.3) is 0 Å². The molecule has 0 aromatic rings. The molecule has 3 rings (SSSR count). The van der Waals surface area contributed by atoms with Gasteiger partial charge < -0.3 is 5.32 Å². The van der Waals surface area contributed by atoms with Crippen molar-refractivity contribution < 1.29 is 0 Å². The summed E-state index contributed by atoms with van der Waals surface area (Å²) in [7, 11) is 0. The predicted octanol–water partition coefficient (Wildman–Crippen LogP) is 2.25. The molecular weight excluding hydrogens is 196 g/mol. The first-order valence-electron chi connectivity index (χ1n) is 7.28. The van der Waals surface area contributed by atoms with Crippen molar-refractivity contribution in [2.45, 2.75) is 64.1 Å². The van der Waals surface area contributed by atoms with E-state index in [4.69, 9.17) is 0 Å². The zero-order valence-corrected chi connectivity index (χ0v) is 10.8. The van der Waals surface area contributed by atoms with Crippen molar-refractivity contribution in [3.8, 4) is 0 Å². The molecule has 2 saturated carbocycles. The first kappa shape index (κ1) is 11.0. The highest BCUT2D eigenvalue weighted by atomic mass is 15.3. The smallest absolute Gasteiger partial charge is 0.0196 e. The highest BCUT2D eigenvalue weighted by molar-refractivity contribution is 5.01. The van der Waals surface area contributed by atoms with Crippen LogP contribution in [0.3, 0.4) is 0 Å². The van der Waals surface area contributed by atoms with E-state index in [1.165, 1.54) is 45.2 Å². The second-order valence-corrected chi connectivity index (χ2v) is 6.22. The zero-order chi connectivity index (χ0) is 11.1. The summed E-state index contributed by atoms with van der Waals surface area (Å²) in [5.41, 5.74) is 0. The molecule has 16 heavy (non-hydrogen) atoms. The molecule has 2 unspecified atom stereocenters. The monoisotopic (exact) mass is 222 g/mol. The summed E-state index contributed by atoms with van der Waals surface area (Å²) in [6.45, 7) is 7.23. The molecule has 1 aliphatic heterocycles. The SMILES string of the molecule is CCC1CN(C(C2CC2)C2CC2)C(C)CN1. The Morgan fingerprint density at radius 1 is 1.19 bits per heavy atom. The van der Waals surface area contributed by atoms with Gasteiger partial charge in [-0.2, -0.15) is 0 Å². The van der Waals surface area contributed by atoms with Gasteiger partial charge in [0.05, 0.1) is 0 Å². The van der Waals surface area contributed by atoms with Crippen LogP contribution in [0.1, 0.15) is 46.0 Å². The zero-order valence-electron chi connectivity index (χ0n) is 10.8.